The fourth-order valence-electron chi connectivity index (χ4n) is 2.47. The number of likely N-dealkylation sites (tertiary alicyclic amines) is 1. The Morgan fingerprint density at radius 3 is 2.95 bits per heavy atom. The molecule has 2 aromatic rings. The van der Waals surface area contributed by atoms with Crippen LogP contribution in [0.3, 0.4) is 0 Å². The van der Waals surface area contributed by atoms with Crippen molar-refractivity contribution in [2.75, 3.05) is 30.4 Å². The number of rotatable bonds is 5. The van der Waals surface area contributed by atoms with Crippen LogP contribution in [0.1, 0.15) is 19.3 Å². The van der Waals surface area contributed by atoms with E-state index in [-0.39, 0.29) is 5.91 Å². The Hall–Kier alpha value is -1.93. The maximum Gasteiger partial charge on any atom is 0.240 e. The van der Waals surface area contributed by atoms with Crippen molar-refractivity contribution in [1.29, 1.82) is 0 Å². The summed E-state index contributed by atoms with van der Waals surface area (Å²) in [5.41, 5.74) is 2.46. The number of thiophene rings is 1. The number of nitrogens with zero attached hydrogens (tertiary/aromatic N) is 3. The zero-order chi connectivity index (χ0) is 14.7. The number of carbonyl (C=O) groups excluding carboxylic acids is 1. The summed E-state index contributed by atoms with van der Waals surface area (Å²) in [5.74, 6) is 6.67. The molecule has 3 rings (SSSR count). The van der Waals surface area contributed by atoms with Gasteiger partial charge in [-0.2, -0.15) is 4.98 Å². The highest BCUT2D eigenvalue weighted by atomic mass is 32.1. The van der Waals surface area contributed by atoms with E-state index in [1.54, 1.807) is 0 Å². The Morgan fingerprint density at radius 2 is 2.19 bits per heavy atom. The molecule has 4 N–H and O–H groups in total. The second-order valence-corrected chi connectivity index (χ2v) is 5.84. The lowest BCUT2D eigenvalue weighted by atomic mass is 10.3. The molecular formula is C13H18N6OS. The van der Waals surface area contributed by atoms with Crippen molar-refractivity contribution in [3.63, 3.8) is 0 Å². The normalized spacial score (nSPS) is 14.6. The maximum atomic E-state index is 12.0. The number of hydrogen-bond acceptors (Lipinski definition) is 7. The highest BCUT2D eigenvalue weighted by Crippen LogP contribution is 2.26. The SMILES string of the molecule is NNc1nc(NCCC(=O)N2CCCC2)c2ccsc2n1. The van der Waals surface area contributed by atoms with Crippen molar-refractivity contribution in [2.24, 2.45) is 5.84 Å². The number of aromatic nitrogens is 2. The Balaban J connectivity index is 1.64. The molecule has 8 heteroatoms. The lowest BCUT2D eigenvalue weighted by molar-refractivity contribution is -0.129. The monoisotopic (exact) mass is 306 g/mol. The molecule has 0 radical (unpaired) electrons. The Morgan fingerprint density at radius 1 is 1.38 bits per heavy atom. The third kappa shape index (κ3) is 3.06. The molecule has 1 amide bonds. The van der Waals surface area contributed by atoms with E-state index in [1.807, 2.05) is 16.3 Å². The molecule has 7 nitrogen and oxygen atoms in total. The number of nitrogens with one attached hydrogen (secondary N) is 2. The molecule has 1 aliphatic heterocycles. The van der Waals surface area contributed by atoms with Gasteiger partial charge in [-0.15, -0.1) is 11.3 Å². The van der Waals surface area contributed by atoms with Gasteiger partial charge in [0.2, 0.25) is 11.9 Å². The third-order valence-corrected chi connectivity index (χ3v) is 4.35. The minimum absolute atomic E-state index is 0.202. The van der Waals surface area contributed by atoms with Gasteiger partial charge < -0.3 is 10.2 Å². The molecule has 0 aromatic carbocycles. The van der Waals surface area contributed by atoms with Gasteiger partial charge in [-0.1, -0.05) is 0 Å². The fraction of sp³-hybridized carbons (Fsp3) is 0.462. The number of nitrogens with two attached hydrogens (primary N) is 1. The van der Waals surface area contributed by atoms with E-state index >= 15 is 0 Å². The molecule has 0 bridgehead atoms. The van der Waals surface area contributed by atoms with Crippen LogP contribution >= 0.6 is 11.3 Å². The predicted molar refractivity (Wildman–Crippen MR) is 84.1 cm³/mol. The van der Waals surface area contributed by atoms with Gasteiger partial charge in [0.25, 0.3) is 0 Å². The highest BCUT2D eigenvalue weighted by molar-refractivity contribution is 7.16. The van der Waals surface area contributed by atoms with Crippen molar-refractivity contribution < 1.29 is 4.79 Å². The maximum absolute atomic E-state index is 12.0. The van der Waals surface area contributed by atoms with Crippen LogP contribution in [0.25, 0.3) is 10.2 Å². The molecule has 1 saturated heterocycles. The average Bonchev–Trinajstić information content (AvgIpc) is 3.17. The van der Waals surface area contributed by atoms with Crippen LogP contribution in [-0.4, -0.2) is 40.4 Å². The summed E-state index contributed by atoms with van der Waals surface area (Å²) in [6, 6.07) is 1.96. The van der Waals surface area contributed by atoms with Gasteiger partial charge in [-0.25, -0.2) is 10.8 Å². The zero-order valence-electron chi connectivity index (χ0n) is 11.6. The van der Waals surface area contributed by atoms with E-state index in [1.165, 1.54) is 11.3 Å². The molecule has 1 aliphatic rings. The summed E-state index contributed by atoms with van der Waals surface area (Å²) < 4.78 is 0. The first-order valence-corrected chi connectivity index (χ1v) is 7.89. The van der Waals surface area contributed by atoms with E-state index in [4.69, 9.17) is 5.84 Å². The Kier molecular flexibility index (Phi) is 4.16. The molecule has 0 spiro atoms. The molecule has 0 aliphatic carbocycles. The molecule has 0 unspecified atom stereocenters. The number of fused-ring (bicyclic) bond motifs is 1. The molecule has 1 fully saturated rings. The molecule has 112 valence electrons. The minimum atomic E-state index is 0.202. The summed E-state index contributed by atoms with van der Waals surface area (Å²) in [4.78, 5) is 23.4. The van der Waals surface area contributed by atoms with Crippen molar-refractivity contribution in [1.82, 2.24) is 14.9 Å². The van der Waals surface area contributed by atoms with Crippen LogP contribution in [0, 0.1) is 0 Å². The van der Waals surface area contributed by atoms with Crippen LogP contribution in [0.4, 0.5) is 11.8 Å². The minimum Gasteiger partial charge on any atom is -0.369 e. The van der Waals surface area contributed by atoms with E-state index in [2.05, 4.69) is 20.7 Å². The molecule has 0 atom stereocenters. The van der Waals surface area contributed by atoms with E-state index in [9.17, 15) is 4.79 Å². The van der Waals surface area contributed by atoms with Crippen molar-refractivity contribution in [2.45, 2.75) is 19.3 Å². The lowest BCUT2D eigenvalue weighted by Crippen LogP contribution is -2.29. The van der Waals surface area contributed by atoms with E-state index in [0.717, 1.165) is 36.1 Å². The van der Waals surface area contributed by atoms with Gasteiger partial charge in [0.15, 0.2) is 0 Å². The summed E-state index contributed by atoms with van der Waals surface area (Å²) >= 11 is 1.53. The first-order chi connectivity index (χ1) is 10.3. The van der Waals surface area contributed by atoms with Crippen LogP contribution in [0.15, 0.2) is 11.4 Å². The molecule has 3 heterocycles. The second-order valence-electron chi connectivity index (χ2n) is 4.94. The van der Waals surface area contributed by atoms with Crippen LogP contribution in [0.2, 0.25) is 0 Å². The summed E-state index contributed by atoms with van der Waals surface area (Å²) in [6.45, 7) is 2.34. The highest BCUT2D eigenvalue weighted by Gasteiger charge is 2.17. The van der Waals surface area contributed by atoms with Gasteiger partial charge >= 0.3 is 0 Å². The van der Waals surface area contributed by atoms with Gasteiger partial charge in [0.1, 0.15) is 10.6 Å². The lowest BCUT2D eigenvalue weighted by Gasteiger charge is -2.15. The molecular weight excluding hydrogens is 288 g/mol. The zero-order valence-corrected chi connectivity index (χ0v) is 12.4. The standard InChI is InChI=1S/C13H18N6OS/c14-18-13-16-11(9-4-8-21-12(9)17-13)15-5-3-10(20)19-6-1-2-7-19/h4,8H,1-3,5-7,14H2,(H2,15,16,17,18). The third-order valence-electron chi connectivity index (χ3n) is 3.54. The number of nitrogen functional groups attached to an aromatic ring is 1. The second kappa shape index (κ2) is 6.23. The van der Waals surface area contributed by atoms with Crippen LogP contribution in [0.5, 0.6) is 0 Å². The summed E-state index contributed by atoms with van der Waals surface area (Å²) in [5, 5.41) is 6.13. The number of amides is 1. The number of hydrazine groups is 1. The largest absolute Gasteiger partial charge is 0.369 e. The fourth-order valence-corrected chi connectivity index (χ4v) is 3.23. The molecule has 21 heavy (non-hydrogen) atoms. The Labute approximate surface area is 126 Å². The van der Waals surface area contributed by atoms with Gasteiger partial charge in [-0.3, -0.25) is 10.2 Å². The Bertz CT molecular complexity index is 637. The number of carbonyl (C=O) groups is 1. The van der Waals surface area contributed by atoms with Crippen molar-refractivity contribution in [3.05, 3.63) is 11.4 Å². The molecule has 0 saturated carbocycles. The molecule has 2 aromatic heterocycles. The van der Waals surface area contributed by atoms with Gasteiger partial charge in [0.05, 0.1) is 5.39 Å². The quantitative estimate of drug-likeness (QED) is 0.571. The number of hydrogen-bond donors (Lipinski definition) is 3. The van der Waals surface area contributed by atoms with Crippen molar-refractivity contribution in [3.8, 4) is 0 Å². The van der Waals surface area contributed by atoms with Crippen LogP contribution < -0.4 is 16.6 Å². The van der Waals surface area contributed by atoms with E-state index in [0.29, 0.717) is 24.7 Å². The first-order valence-electron chi connectivity index (χ1n) is 7.01. The average molecular weight is 306 g/mol. The van der Waals surface area contributed by atoms with E-state index < -0.39 is 0 Å². The summed E-state index contributed by atoms with van der Waals surface area (Å²) in [7, 11) is 0. The predicted octanol–water partition coefficient (Wildman–Crippen LogP) is 1.40. The van der Waals surface area contributed by atoms with Gasteiger partial charge in [-0.05, 0) is 24.3 Å². The van der Waals surface area contributed by atoms with Crippen molar-refractivity contribution >= 4 is 39.2 Å². The number of anilines is 2. The van der Waals surface area contributed by atoms with Gasteiger partial charge in [0, 0.05) is 26.1 Å². The topological polar surface area (TPSA) is 96.2 Å². The smallest absolute Gasteiger partial charge is 0.240 e. The first kappa shape index (κ1) is 14.0. The summed E-state index contributed by atoms with van der Waals surface area (Å²) in [6.07, 6.45) is 2.71. The van der Waals surface area contributed by atoms with Crippen LogP contribution in [-0.2, 0) is 4.79 Å².